The number of benzene rings is 1. The van der Waals surface area contributed by atoms with Crippen molar-refractivity contribution in [3.63, 3.8) is 0 Å². The van der Waals surface area contributed by atoms with Crippen molar-refractivity contribution in [2.75, 3.05) is 6.54 Å². The van der Waals surface area contributed by atoms with Crippen LogP contribution >= 0.6 is 0 Å². The summed E-state index contributed by atoms with van der Waals surface area (Å²) in [6.07, 6.45) is 2.83. The first-order valence-corrected chi connectivity index (χ1v) is 7.38. The third kappa shape index (κ3) is 4.04. The zero-order chi connectivity index (χ0) is 15.2. The van der Waals surface area contributed by atoms with Gasteiger partial charge in [-0.15, -0.1) is 10.2 Å². The minimum atomic E-state index is 0.436. The van der Waals surface area contributed by atoms with E-state index in [9.17, 15) is 0 Å². The molecule has 0 spiro atoms. The molecule has 0 unspecified atom stereocenters. The van der Waals surface area contributed by atoms with Gasteiger partial charge in [0.05, 0.1) is 0 Å². The summed E-state index contributed by atoms with van der Waals surface area (Å²) in [7, 11) is 1.92. The molecule has 0 atom stereocenters. The quantitative estimate of drug-likeness (QED) is 0.795. The summed E-state index contributed by atoms with van der Waals surface area (Å²) >= 11 is 0. The maximum atomic E-state index is 5.93. The lowest BCUT2D eigenvalue weighted by molar-refractivity contribution is 0.287. The van der Waals surface area contributed by atoms with Crippen LogP contribution < -0.4 is 10.1 Å². The second-order valence-electron chi connectivity index (χ2n) is 5.38. The number of aromatic nitrogens is 3. The maximum Gasteiger partial charge on any atom is 0.170 e. The van der Waals surface area contributed by atoms with Gasteiger partial charge in [-0.25, -0.2) is 0 Å². The smallest absolute Gasteiger partial charge is 0.170 e. The fourth-order valence-electron chi connectivity index (χ4n) is 2.35. The van der Waals surface area contributed by atoms with Gasteiger partial charge in [0.15, 0.2) is 5.82 Å². The molecular weight excluding hydrogens is 264 g/mol. The molecule has 0 amide bonds. The number of rotatable bonds is 7. The number of nitrogens with one attached hydrogen (secondary N) is 1. The average Bonchev–Trinajstić information content (AvgIpc) is 2.84. The van der Waals surface area contributed by atoms with Gasteiger partial charge >= 0.3 is 0 Å². The molecule has 5 nitrogen and oxygen atoms in total. The molecule has 1 aromatic carbocycles. The van der Waals surface area contributed by atoms with Crippen molar-refractivity contribution in [3.05, 3.63) is 41.0 Å². The highest BCUT2D eigenvalue weighted by atomic mass is 16.5. The monoisotopic (exact) mass is 288 g/mol. The van der Waals surface area contributed by atoms with Crippen molar-refractivity contribution in [1.29, 1.82) is 0 Å². The van der Waals surface area contributed by atoms with E-state index >= 15 is 0 Å². The molecule has 0 saturated carbocycles. The Morgan fingerprint density at radius 2 is 1.95 bits per heavy atom. The zero-order valence-corrected chi connectivity index (χ0v) is 13.3. The first-order valence-electron chi connectivity index (χ1n) is 7.38. The summed E-state index contributed by atoms with van der Waals surface area (Å²) in [6.45, 7) is 8.73. The van der Waals surface area contributed by atoms with Gasteiger partial charge < -0.3 is 14.6 Å². The van der Waals surface area contributed by atoms with E-state index < -0.39 is 0 Å². The van der Waals surface area contributed by atoms with E-state index in [1.54, 1.807) is 6.33 Å². The summed E-state index contributed by atoms with van der Waals surface area (Å²) in [4.78, 5) is 0. The lowest BCUT2D eigenvalue weighted by atomic mass is 10.1. The number of aryl methyl sites for hydroxylation is 3. The zero-order valence-electron chi connectivity index (χ0n) is 13.3. The highest BCUT2D eigenvalue weighted by Gasteiger charge is 2.08. The summed E-state index contributed by atoms with van der Waals surface area (Å²) in [5, 5.41) is 11.3. The molecule has 21 heavy (non-hydrogen) atoms. The van der Waals surface area contributed by atoms with E-state index in [0.717, 1.165) is 42.2 Å². The third-order valence-corrected chi connectivity index (χ3v) is 3.43. The van der Waals surface area contributed by atoms with Gasteiger partial charge in [-0.3, -0.25) is 0 Å². The molecule has 1 heterocycles. The van der Waals surface area contributed by atoms with Crippen LogP contribution in [-0.4, -0.2) is 21.3 Å². The van der Waals surface area contributed by atoms with E-state index in [2.05, 4.69) is 48.4 Å². The molecule has 0 radical (unpaired) electrons. The van der Waals surface area contributed by atoms with Gasteiger partial charge in [-0.2, -0.15) is 0 Å². The van der Waals surface area contributed by atoms with Gasteiger partial charge in [-0.05, 0) is 43.5 Å². The third-order valence-electron chi connectivity index (χ3n) is 3.43. The fourth-order valence-corrected chi connectivity index (χ4v) is 2.35. The predicted molar refractivity (Wildman–Crippen MR) is 83.2 cm³/mol. The Morgan fingerprint density at radius 1 is 1.24 bits per heavy atom. The van der Waals surface area contributed by atoms with Crippen LogP contribution in [0, 0.1) is 13.8 Å². The molecule has 0 fully saturated rings. The fraction of sp³-hybridized carbons (Fsp3) is 0.500. The second kappa shape index (κ2) is 7.22. The van der Waals surface area contributed by atoms with Crippen molar-refractivity contribution in [3.8, 4) is 5.75 Å². The standard InChI is InChI=1S/C16H24N4O/c1-5-6-17-9-14-7-12(2)16(13(3)8-14)21-10-15-19-18-11-20(15)4/h7-8,11,17H,5-6,9-10H2,1-4H3. The van der Waals surface area contributed by atoms with Crippen molar-refractivity contribution < 1.29 is 4.74 Å². The summed E-state index contributed by atoms with van der Waals surface area (Å²) in [5.74, 6) is 1.76. The predicted octanol–water partition coefficient (Wildman–Crippen LogP) is 2.51. The largest absolute Gasteiger partial charge is 0.485 e. The van der Waals surface area contributed by atoms with Gasteiger partial charge in [-0.1, -0.05) is 19.1 Å². The SMILES string of the molecule is CCCNCc1cc(C)c(OCc2nncn2C)c(C)c1. The lowest BCUT2D eigenvalue weighted by Crippen LogP contribution is -2.14. The Hall–Kier alpha value is -1.88. The normalized spacial score (nSPS) is 10.9. The van der Waals surface area contributed by atoms with Gasteiger partial charge in [0.2, 0.25) is 0 Å². The van der Waals surface area contributed by atoms with E-state index in [1.807, 2.05) is 11.6 Å². The van der Waals surface area contributed by atoms with Crippen LogP contribution in [0.1, 0.15) is 35.9 Å². The van der Waals surface area contributed by atoms with Crippen LogP contribution in [0.25, 0.3) is 0 Å². The Balaban J connectivity index is 2.04. The van der Waals surface area contributed by atoms with E-state index in [0.29, 0.717) is 6.61 Å². The van der Waals surface area contributed by atoms with Crippen LogP contribution in [0.15, 0.2) is 18.5 Å². The van der Waals surface area contributed by atoms with E-state index in [1.165, 1.54) is 5.56 Å². The van der Waals surface area contributed by atoms with Crippen LogP contribution in [-0.2, 0) is 20.2 Å². The molecule has 5 heteroatoms. The number of ether oxygens (including phenoxy) is 1. The van der Waals surface area contributed by atoms with Gasteiger partial charge in [0, 0.05) is 13.6 Å². The number of nitrogens with zero attached hydrogens (tertiary/aromatic N) is 3. The number of hydrogen-bond donors (Lipinski definition) is 1. The molecule has 1 N–H and O–H groups in total. The highest BCUT2D eigenvalue weighted by Crippen LogP contribution is 2.25. The minimum Gasteiger partial charge on any atom is -0.485 e. The Kier molecular flexibility index (Phi) is 5.33. The molecular formula is C16H24N4O. The van der Waals surface area contributed by atoms with E-state index in [-0.39, 0.29) is 0 Å². The van der Waals surface area contributed by atoms with Gasteiger partial charge in [0.25, 0.3) is 0 Å². The Morgan fingerprint density at radius 3 is 2.52 bits per heavy atom. The minimum absolute atomic E-state index is 0.436. The number of hydrogen-bond acceptors (Lipinski definition) is 4. The molecule has 0 aliphatic carbocycles. The lowest BCUT2D eigenvalue weighted by Gasteiger charge is -2.14. The highest BCUT2D eigenvalue weighted by molar-refractivity contribution is 5.43. The molecule has 1 aromatic heterocycles. The summed E-state index contributed by atoms with van der Waals surface area (Å²) in [6, 6.07) is 4.36. The van der Waals surface area contributed by atoms with Crippen LogP contribution in [0.2, 0.25) is 0 Å². The van der Waals surface area contributed by atoms with Crippen LogP contribution in [0.5, 0.6) is 5.75 Å². The topological polar surface area (TPSA) is 52.0 Å². The molecule has 114 valence electrons. The van der Waals surface area contributed by atoms with Crippen LogP contribution in [0.3, 0.4) is 0 Å². The van der Waals surface area contributed by atoms with Crippen molar-refractivity contribution in [2.24, 2.45) is 7.05 Å². The molecule has 2 rings (SSSR count). The molecule has 0 aliphatic rings. The average molecular weight is 288 g/mol. The molecule has 0 bridgehead atoms. The molecule has 0 aliphatic heterocycles. The maximum absolute atomic E-state index is 5.93. The first-order chi connectivity index (χ1) is 10.1. The molecule has 0 saturated heterocycles. The van der Waals surface area contributed by atoms with Crippen LogP contribution in [0.4, 0.5) is 0 Å². The van der Waals surface area contributed by atoms with Gasteiger partial charge in [0.1, 0.15) is 18.7 Å². The van der Waals surface area contributed by atoms with E-state index in [4.69, 9.17) is 4.74 Å². The Bertz CT molecular complexity index is 569. The Labute approximate surface area is 126 Å². The molecule has 2 aromatic rings. The van der Waals surface area contributed by atoms with Crippen molar-refractivity contribution in [2.45, 2.75) is 40.3 Å². The van der Waals surface area contributed by atoms with Crippen molar-refractivity contribution >= 4 is 0 Å². The van der Waals surface area contributed by atoms with Crippen molar-refractivity contribution in [1.82, 2.24) is 20.1 Å². The second-order valence-corrected chi connectivity index (χ2v) is 5.38. The first kappa shape index (κ1) is 15.5. The summed E-state index contributed by atoms with van der Waals surface area (Å²) in [5.41, 5.74) is 3.61. The summed E-state index contributed by atoms with van der Waals surface area (Å²) < 4.78 is 7.80.